The molecule has 0 radical (unpaired) electrons. The number of ether oxygens (including phenoxy) is 3. The van der Waals surface area contributed by atoms with Gasteiger partial charge in [-0.25, -0.2) is 0 Å². The van der Waals surface area contributed by atoms with E-state index in [2.05, 4.69) is 5.32 Å². The first-order valence-corrected chi connectivity index (χ1v) is 8.39. The molecule has 0 aromatic heterocycles. The summed E-state index contributed by atoms with van der Waals surface area (Å²) in [5, 5.41) is 2.90. The molecule has 1 aliphatic heterocycles. The van der Waals surface area contributed by atoms with E-state index in [1.165, 1.54) is 0 Å². The fourth-order valence-corrected chi connectivity index (χ4v) is 2.85. The number of anilines is 1. The van der Waals surface area contributed by atoms with Crippen molar-refractivity contribution < 1.29 is 23.8 Å². The van der Waals surface area contributed by atoms with Crippen molar-refractivity contribution >= 4 is 17.5 Å². The number of benzene rings is 1. The van der Waals surface area contributed by atoms with E-state index in [9.17, 15) is 9.59 Å². The third-order valence-corrected chi connectivity index (χ3v) is 4.25. The Bertz CT molecular complexity index is 605. The zero-order chi connectivity index (χ0) is 18.2. The number of nitrogens with one attached hydrogen (secondary N) is 1. The Morgan fingerprint density at radius 1 is 1.24 bits per heavy atom. The average molecular weight is 350 g/mol. The van der Waals surface area contributed by atoms with Crippen LogP contribution < -0.4 is 19.7 Å². The van der Waals surface area contributed by atoms with Crippen LogP contribution in [-0.4, -0.2) is 52.8 Å². The van der Waals surface area contributed by atoms with Gasteiger partial charge in [-0.1, -0.05) is 0 Å². The van der Waals surface area contributed by atoms with E-state index in [1.807, 2.05) is 0 Å². The first kappa shape index (κ1) is 19.1. The monoisotopic (exact) mass is 350 g/mol. The standard InChI is InChI=1S/C18H26N2O5/c1-23-9-5-4-8-19-18(22)13-10-17(21)20(12-13)15-11-14(24-2)6-7-16(15)25-3/h6-7,11,13H,4-5,8-10,12H2,1-3H3,(H,19,22). The van der Waals surface area contributed by atoms with Crippen LogP contribution in [0.25, 0.3) is 0 Å². The van der Waals surface area contributed by atoms with Crippen LogP contribution in [0.15, 0.2) is 18.2 Å². The van der Waals surface area contributed by atoms with Gasteiger partial charge in [0.05, 0.1) is 25.8 Å². The van der Waals surface area contributed by atoms with E-state index in [4.69, 9.17) is 14.2 Å². The molecule has 7 heteroatoms. The number of carbonyl (C=O) groups excluding carboxylic acids is 2. The molecule has 0 saturated carbocycles. The van der Waals surface area contributed by atoms with Gasteiger partial charge in [0.1, 0.15) is 11.5 Å². The SMILES string of the molecule is COCCCCNC(=O)C1CC(=O)N(c2cc(OC)ccc2OC)C1. The zero-order valence-electron chi connectivity index (χ0n) is 15.0. The van der Waals surface area contributed by atoms with Gasteiger partial charge in [0.15, 0.2) is 0 Å². The van der Waals surface area contributed by atoms with Gasteiger partial charge in [-0.3, -0.25) is 9.59 Å². The van der Waals surface area contributed by atoms with Crippen molar-refractivity contribution in [3.63, 3.8) is 0 Å². The molecule has 1 unspecified atom stereocenters. The molecule has 0 spiro atoms. The topological polar surface area (TPSA) is 77.1 Å². The van der Waals surface area contributed by atoms with Gasteiger partial charge in [-0.15, -0.1) is 0 Å². The Balaban J connectivity index is 1.99. The summed E-state index contributed by atoms with van der Waals surface area (Å²) in [4.78, 5) is 26.3. The first-order chi connectivity index (χ1) is 12.1. The van der Waals surface area contributed by atoms with E-state index in [-0.39, 0.29) is 24.2 Å². The van der Waals surface area contributed by atoms with Crippen LogP contribution in [0.2, 0.25) is 0 Å². The summed E-state index contributed by atoms with van der Waals surface area (Å²) in [6, 6.07) is 5.28. The number of rotatable bonds is 9. The molecule has 1 N–H and O–H groups in total. The maximum atomic E-state index is 12.4. The van der Waals surface area contributed by atoms with Gasteiger partial charge in [-0.05, 0) is 25.0 Å². The number of hydrogen-bond donors (Lipinski definition) is 1. The predicted octanol–water partition coefficient (Wildman–Crippen LogP) is 1.60. The summed E-state index contributed by atoms with van der Waals surface area (Å²) in [7, 11) is 4.78. The molecule has 138 valence electrons. The van der Waals surface area contributed by atoms with Crippen molar-refractivity contribution in [2.75, 3.05) is 45.9 Å². The lowest BCUT2D eigenvalue weighted by Crippen LogP contribution is -2.33. The highest BCUT2D eigenvalue weighted by Crippen LogP contribution is 2.36. The molecule has 1 heterocycles. The fraction of sp³-hybridized carbons (Fsp3) is 0.556. The number of amides is 2. The molecule has 1 aliphatic rings. The highest BCUT2D eigenvalue weighted by Gasteiger charge is 2.36. The third kappa shape index (κ3) is 4.85. The van der Waals surface area contributed by atoms with E-state index >= 15 is 0 Å². The molecule has 2 amide bonds. The van der Waals surface area contributed by atoms with Crippen molar-refractivity contribution in [1.29, 1.82) is 0 Å². The maximum Gasteiger partial charge on any atom is 0.227 e. The van der Waals surface area contributed by atoms with E-state index in [1.54, 1.807) is 44.4 Å². The van der Waals surface area contributed by atoms with Crippen LogP contribution in [0, 0.1) is 5.92 Å². The van der Waals surface area contributed by atoms with Gasteiger partial charge < -0.3 is 24.4 Å². The summed E-state index contributed by atoms with van der Waals surface area (Å²) >= 11 is 0. The number of methoxy groups -OCH3 is 3. The lowest BCUT2D eigenvalue weighted by molar-refractivity contribution is -0.126. The van der Waals surface area contributed by atoms with Crippen LogP contribution in [0.3, 0.4) is 0 Å². The second-order valence-electron chi connectivity index (χ2n) is 5.93. The van der Waals surface area contributed by atoms with Crippen molar-refractivity contribution in [3.8, 4) is 11.5 Å². The normalized spacial score (nSPS) is 16.8. The van der Waals surface area contributed by atoms with Crippen molar-refractivity contribution in [1.82, 2.24) is 5.32 Å². The molecule has 25 heavy (non-hydrogen) atoms. The maximum absolute atomic E-state index is 12.4. The van der Waals surface area contributed by atoms with E-state index in [0.717, 1.165) is 12.8 Å². The first-order valence-electron chi connectivity index (χ1n) is 8.39. The van der Waals surface area contributed by atoms with Gasteiger partial charge in [0.2, 0.25) is 11.8 Å². The Kier molecular flexibility index (Phi) is 7.06. The molecule has 1 atom stereocenters. The lowest BCUT2D eigenvalue weighted by atomic mass is 10.1. The highest BCUT2D eigenvalue weighted by atomic mass is 16.5. The summed E-state index contributed by atoms with van der Waals surface area (Å²) in [5.74, 6) is 0.677. The Morgan fingerprint density at radius 3 is 2.72 bits per heavy atom. The number of unbranched alkanes of at least 4 members (excludes halogenated alkanes) is 1. The van der Waals surface area contributed by atoms with Gasteiger partial charge in [-0.2, -0.15) is 0 Å². The smallest absolute Gasteiger partial charge is 0.227 e. The summed E-state index contributed by atoms with van der Waals surface area (Å²) < 4.78 is 15.5. The second kappa shape index (κ2) is 9.27. The molecule has 7 nitrogen and oxygen atoms in total. The molecular weight excluding hydrogens is 324 g/mol. The number of nitrogens with zero attached hydrogens (tertiary/aromatic N) is 1. The van der Waals surface area contributed by atoms with Gasteiger partial charge in [0.25, 0.3) is 0 Å². The van der Waals surface area contributed by atoms with Crippen LogP contribution in [0.5, 0.6) is 11.5 Å². The van der Waals surface area contributed by atoms with Crippen molar-refractivity contribution in [2.45, 2.75) is 19.3 Å². The molecule has 1 saturated heterocycles. The van der Waals surface area contributed by atoms with E-state index < -0.39 is 0 Å². The number of carbonyl (C=O) groups is 2. The molecule has 1 aromatic rings. The van der Waals surface area contributed by atoms with Crippen LogP contribution >= 0.6 is 0 Å². The Hall–Kier alpha value is -2.28. The molecule has 1 fully saturated rings. The predicted molar refractivity (Wildman–Crippen MR) is 94.1 cm³/mol. The molecule has 0 aliphatic carbocycles. The van der Waals surface area contributed by atoms with E-state index in [0.29, 0.717) is 36.9 Å². The Labute approximate surface area is 148 Å². The molecule has 2 rings (SSSR count). The van der Waals surface area contributed by atoms with Gasteiger partial charge in [0, 0.05) is 39.3 Å². The fourth-order valence-electron chi connectivity index (χ4n) is 2.85. The molecule has 0 bridgehead atoms. The van der Waals surface area contributed by atoms with Crippen LogP contribution in [0.4, 0.5) is 5.69 Å². The minimum absolute atomic E-state index is 0.0878. The van der Waals surface area contributed by atoms with Crippen molar-refractivity contribution in [2.24, 2.45) is 5.92 Å². The average Bonchev–Trinajstić information content (AvgIpc) is 3.02. The van der Waals surface area contributed by atoms with Crippen molar-refractivity contribution in [3.05, 3.63) is 18.2 Å². The quantitative estimate of drug-likeness (QED) is 0.685. The molecule has 1 aromatic carbocycles. The molecular formula is C18H26N2O5. The summed E-state index contributed by atoms with van der Waals surface area (Å²) in [6.45, 7) is 1.61. The minimum Gasteiger partial charge on any atom is -0.497 e. The summed E-state index contributed by atoms with van der Waals surface area (Å²) in [6.07, 6.45) is 1.95. The highest BCUT2D eigenvalue weighted by molar-refractivity contribution is 6.01. The number of hydrogen-bond acceptors (Lipinski definition) is 5. The van der Waals surface area contributed by atoms with Gasteiger partial charge >= 0.3 is 0 Å². The largest absolute Gasteiger partial charge is 0.497 e. The zero-order valence-corrected chi connectivity index (χ0v) is 15.0. The summed E-state index contributed by atoms with van der Waals surface area (Å²) in [5.41, 5.74) is 0.627. The second-order valence-corrected chi connectivity index (χ2v) is 5.93. The van der Waals surface area contributed by atoms with Crippen LogP contribution in [0.1, 0.15) is 19.3 Å². The van der Waals surface area contributed by atoms with Crippen LogP contribution in [-0.2, 0) is 14.3 Å². The Morgan fingerprint density at radius 2 is 2.04 bits per heavy atom. The third-order valence-electron chi connectivity index (χ3n) is 4.25. The minimum atomic E-state index is -0.356. The lowest BCUT2D eigenvalue weighted by Gasteiger charge is -2.20.